The van der Waals surface area contributed by atoms with Crippen LogP contribution in [0.5, 0.6) is 11.6 Å². The van der Waals surface area contributed by atoms with Gasteiger partial charge in [0.05, 0.1) is 11.7 Å². The van der Waals surface area contributed by atoms with Crippen LogP contribution in [0.25, 0.3) is 0 Å². The van der Waals surface area contributed by atoms with Crippen LogP contribution in [0.4, 0.5) is 13.2 Å². The molecule has 126 valence electrons. The molecule has 8 heteroatoms. The number of halogens is 3. The summed E-state index contributed by atoms with van der Waals surface area (Å²) >= 11 is 0. The predicted molar refractivity (Wildman–Crippen MR) is 77.7 cm³/mol. The van der Waals surface area contributed by atoms with Crippen LogP contribution in [-0.4, -0.2) is 40.1 Å². The highest BCUT2D eigenvalue weighted by atomic mass is 19.4. The Bertz CT molecular complexity index is 724. The van der Waals surface area contributed by atoms with Gasteiger partial charge in [-0.15, -0.1) is 0 Å². The summed E-state index contributed by atoms with van der Waals surface area (Å²) in [6, 6.07) is 8.17. The minimum absolute atomic E-state index is 0.0212. The van der Waals surface area contributed by atoms with E-state index in [-0.39, 0.29) is 11.8 Å². The molecular weight excluding hydrogens is 325 g/mol. The second-order valence-electron chi connectivity index (χ2n) is 5.37. The number of alkyl halides is 3. The Morgan fingerprint density at radius 3 is 2.33 bits per heavy atom. The number of aliphatic hydroxyl groups excluding tert-OH is 1. The van der Waals surface area contributed by atoms with E-state index >= 15 is 0 Å². The Morgan fingerprint density at radius 1 is 1.17 bits per heavy atom. The van der Waals surface area contributed by atoms with Crippen molar-refractivity contribution < 1.29 is 27.8 Å². The number of hydrogen-bond acceptors (Lipinski definition) is 4. The van der Waals surface area contributed by atoms with Crippen LogP contribution in [0.2, 0.25) is 0 Å². The average molecular weight is 338 g/mol. The number of nitrogens with zero attached hydrogens (tertiary/aromatic N) is 2. The van der Waals surface area contributed by atoms with Crippen LogP contribution in [0.15, 0.2) is 42.6 Å². The molecular formula is C16H13F3N2O3. The van der Waals surface area contributed by atoms with E-state index in [1.165, 1.54) is 17.0 Å². The minimum Gasteiger partial charge on any atom is -0.439 e. The molecule has 1 aliphatic heterocycles. The van der Waals surface area contributed by atoms with E-state index in [4.69, 9.17) is 4.74 Å². The van der Waals surface area contributed by atoms with Crippen LogP contribution >= 0.6 is 0 Å². The number of carbonyl (C=O) groups is 1. The molecule has 3 rings (SSSR count). The average Bonchev–Trinajstić information content (AvgIpc) is 2.52. The summed E-state index contributed by atoms with van der Waals surface area (Å²) in [5.41, 5.74) is -0.415. The van der Waals surface area contributed by atoms with Gasteiger partial charge in [0.15, 0.2) is 0 Å². The van der Waals surface area contributed by atoms with Gasteiger partial charge in [0.2, 0.25) is 5.88 Å². The number of β-amino-alcohol motifs (C(OH)–C–C–N with tert-alkyl or cyclic N) is 1. The molecule has 1 amide bonds. The molecule has 0 saturated carbocycles. The highest BCUT2D eigenvalue weighted by molar-refractivity contribution is 5.94. The molecule has 5 nitrogen and oxygen atoms in total. The lowest BCUT2D eigenvalue weighted by Crippen LogP contribution is -2.53. The molecule has 0 aliphatic carbocycles. The molecule has 0 unspecified atom stereocenters. The standard InChI is InChI=1S/C16H13F3N2O3/c17-16(18,19)11-3-6-14(20-7-11)24-13-4-1-10(2-5-13)15(23)21-8-12(22)9-21/h1-7,12,22H,8-9H2. The maximum absolute atomic E-state index is 12.5. The maximum atomic E-state index is 12.5. The van der Waals surface area contributed by atoms with E-state index in [1.807, 2.05) is 0 Å². The molecule has 2 aromatic rings. The molecule has 0 bridgehead atoms. The fourth-order valence-corrected chi connectivity index (χ4v) is 2.20. The summed E-state index contributed by atoms with van der Waals surface area (Å²) < 4.78 is 42.7. The number of hydrogen-bond donors (Lipinski definition) is 1. The van der Waals surface area contributed by atoms with Crippen molar-refractivity contribution in [2.24, 2.45) is 0 Å². The van der Waals surface area contributed by atoms with E-state index in [2.05, 4.69) is 4.98 Å². The lowest BCUT2D eigenvalue weighted by molar-refractivity contribution is -0.137. The first-order valence-electron chi connectivity index (χ1n) is 7.11. The van der Waals surface area contributed by atoms with Crippen LogP contribution in [-0.2, 0) is 6.18 Å². The first kappa shape index (κ1) is 16.3. The van der Waals surface area contributed by atoms with Crippen LogP contribution < -0.4 is 4.74 Å². The summed E-state index contributed by atoms with van der Waals surface area (Å²) in [6.45, 7) is 0.624. The van der Waals surface area contributed by atoms with Crippen molar-refractivity contribution in [3.8, 4) is 11.6 Å². The number of amides is 1. The zero-order valence-corrected chi connectivity index (χ0v) is 12.3. The molecule has 2 heterocycles. The van der Waals surface area contributed by atoms with E-state index in [1.54, 1.807) is 12.1 Å². The third-order valence-electron chi connectivity index (χ3n) is 3.54. The summed E-state index contributed by atoms with van der Waals surface area (Å²) in [5.74, 6) is 0.176. The molecule has 0 radical (unpaired) electrons. The van der Waals surface area contributed by atoms with E-state index in [0.717, 1.165) is 12.1 Å². The van der Waals surface area contributed by atoms with Gasteiger partial charge >= 0.3 is 6.18 Å². The number of rotatable bonds is 3. The van der Waals surface area contributed by atoms with Crippen molar-refractivity contribution in [2.75, 3.05) is 13.1 Å². The van der Waals surface area contributed by atoms with E-state index < -0.39 is 17.8 Å². The zero-order valence-electron chi connectivity index (χ0n) is 12.3. The smallest absolute Gasteiger partial charge is 0.417 e. The van der Waals surface area contributed by atoms with Gasteiger partial charge < -0.3 is 14.7 Å². The summed E-state index contributed by atoms with van der Waals surface area (Å²) in [6.07, 6.45) is -4.22. The van der Waals surface area contributed by atoms with Gasteiger partial charge in [-0.05, 0) is 30.3 Å². The van der Waals surface area contributed by atoms with E-state index in [0.29, 0.717) is 30.6 Å². The van der Waals surface area contributed by atoms with Gasteiger partial charge in [0, 0.05) is 30.9 Å². The van der Waals surface area contributed by atoms with Crippen LogP contribution in [0.1, 0.15) is 15.9 Å². The van der Waals surface area contributed by atoms with Crippen LogP contribution in [0.3, 0.4) is 0 Å². The largest absolute Gasteiger partial charge is 0.439 e. The van der Waals surface area contributed by atoms with Crippen molar-refractivity contribution in [1.29, 1.82) is 0 Å². The van der Waals surface area contributed by atoms with Gasteiger partial charge in [0.1, 0.15) is 5.75 Å². The minimum atomic E-state index is -4.45. The molecule has 0 atom stereocenters. The lowest BCUT2D eigenvalue weighted by atomic mass is 10.1. The maximum Gasteiger partial charge on any atom is 0.417 e. The monoisotopic (exact) mass is 338 g/mol. The number of pyridine rings is 1. The Hall–Kier alpha value is -2.61. The lowest BCUT2D eigenvalue weighted by Gasteiger charge is -2.35. The third kappa shape index (κ3) is 3.48. The SMILES string of the molecule is O=C(c1ccc(Oc2ccc(C(F)(F)F)cn2)cc1)N1CC(O)C1. The summed E-state index contributed by atoms with van der Waals surface area (Å²) in [4.78, 5) is 17.2. The second-order valence-corrected chi connectivity index (χ2v) is 5.37. The van der Waals surface area contributed by atoms with Crippen molar-refractivity contribution in [3.05, 3.63) is 53.7 Å². The molecule has 1 N–H and O–H groups in total. The van der Waals surface area contributed by atoms with Crippen molar-refractivity contribution in [2.45, 2.75) is 12.3 Å². The quantitative estimate of drug-likeness (QED) is 0.935. The number of likely N-dealkylation sites (tertiary alicyclic amines) is 1. The Kier molecular flexibility index (Phi) is 4.15. The summed E-state index contributed by atoms with van der Waals surface area (Å²) in [7, 11) is 0. The molecule has 0 spiro atoms. The number of carbonyl (C=O) groups excluding carboxylic acids is 1. The molecule has 1 aliphatic rings. The normalized spacial score (nSPS) is 15.1. The van der Waals surface area contributed by atoms with Gasteiger partial charge in [0.25, 0.3) is 5.91 Å². The van der Waals surface area contributed by atoms with Crippen molar-refractivity contribution in [3.63, 3.8) is 0 Å². The first-order valence-corrected chi connectivity index (χ1v) is 7.11. The highest BCUT2D eigenvalue weighted by Gasteiger charge is 2.31. The number of aliphatic hydroxyl groups is 1. The topological polar surface area (TPSA) is 62.7 Å². The fraction of sp³-hybridized carbons (Fsp3) is 0.250. The third-order valence-corrected chi connectivity index (χ3v) is 3.54. The second kappa shape index (κ2) is 6.12. The van der Waals surface area contributed by atoms with Gasteiger partial charge in [-0.1, -0.05) is 0 Å². The number of aromatic nitrogens is 1. The zero-order chi connectivity index (χ0) is 17.3. The van der Waals surface area contributed by atoms with Gasteiger partial charge in [-0.25, -0.2) is 4.98 Å². The Morgan fingerprint density at radius 2 is 1.83 bits per heavy atom. The van der Waals surface area contributed by atoms with Gasteiger partial charge in [-0.3, -0.25) is 4.79 Å². The number of ether oxygens (including phenoxy) is 1. The van der Waals surface area contributed by atoms with E-state index in [9.17, 15) is 23.1 Å². The van der Waals surface area contributed by atoms with Gasteiger partial charge in [-0.2, -0.15) is 13.2 Å². The Labute approximate surface area is 135 Å². The molecule has 1 aromatic heterocycles. The first-order chi connectivity index (χ1) is 11.3. The fourth-order valence-electron chi connectivity index (χ4n) is 2.20. The Balaban J connectivity index is 1.65. The molecule has 24 heavy (non-hydrogen) atoms. The summed E-state index contributed by atoms with van der Waals surface area (Å²) in [5, 5.41) is 9.20. The highest BCUT2D eigenvalue weighted by Crippen LogP contribution is 2.30. The van der Waals surface area contributed by atoms with Crippen molar-refractivity contribution in [1.82, 2.24) is 9.88 Å². The van der Waals surface area contributed by atoms with Crippen LogP contribution in [0, 0.1) is 0 Å². The molecule has 1 fully saturated rings. The molecule has 1 aromatic carbocycles. The van der Waals surface area contributed by atoms with Crippen molar-refractivity contribution >= 4 is 5.91 Å². The predicted octanol–water partition coefficient (Wildman–Crippen LogP) is 2.71. The number of benzene rings is 1. The molecule has 1 saturated heterocycles.